The number of aryl methyl sites for hydroxylation is 3. The van der Waals surface area contributed by atoms with Crippen LogP contribution in [0.5, 0.6) is 0 Å². The molecule has 1 atom stereocenters. The van der Waals surface area contributed by atoms with Gasteiger partial charge in [0.05, 0.1) is 0 Å². The van der Waals surface area contributed by atoms with E-state index in [-0.39, 0.29) is 23.9 Å². The summed E-state index contributed by atoms with van der Waals surface area (Å²) in [7, 11) is 0. The summed E-state index contributed by atoms with van der Waals surface area (Å²) in [6, 6.07) is 12.5. The molecular weight excluding hydrogens is 388 g/mol. The Morgan fingerprint density at radius 2 is 2.00 bits per heavy atom. The Hall–Kier alpha value is -2.11. The van der Waals surface area contributed by atoms with Gasteiger partial charge in [0.2, 0.25) is 0 Å². The highest BCUT2D eigenvalue weighted by Crippen LogP contribution is 2.12. The molecule has 6 heteroatoms. The normalized spacial score (nSPS) is 16.1. The molecule has 29 heavy (non-hydrogen) atoms. The van der Waals surface area contributed by atoms with Crippen LogP contribution >= 0.6 is 12.4 Å². The maximum atomic E-state index is 12.4. The second kappa shape index (κ2) is 11.8. The van der Waals surface area contributed by atoms with Crippen LogP contribution in [-0.4, -0.2) is 25.0 Å². The number of halogens is 1. The summed E-state index contributed by atoms with van der Waals surface area (Å²) in [5.74, 6) is 0.305. The minimum atomic E-state index is -0.539. The molecule has 1 unspecified atom stereocenters. The van der Waals surface area contributed by atoms with Crippen LogP contribution in [-0.2, 0) is 12.8 Å². The molecule has 1 aromatic carbocycles. The van der Waals surface area contributed by atoms with Gasteiger partial charge in [-0.2, -0.15) is 0 Å². The Labute approximate surface area is 178 Å². The van der Waals surface area contributed by atoms with Gasteiger partial charge < -0.3 is 15.1 Å². The van der Waals surface area contributed by atoms with E-state index in [4.69, 9.17) is 4.42 Å². The third kappa shape index (κ3) is 7.02. The molecule has 0 bridgehead atoms. The Morgan fingerprint density at radius 3 is 2.69 bits per heavy atom. The summed E-state index contributed by atoms with van der Waals surface area (Å²) in [4.78, 5) is 24.8. The predicted molar refractivity (Wildman–Crippen MR) is 118 cm³/mol. The molecule has 1 aliphatic rings. The molecule has 3 rings (SSSR count). The average molecular weight is 419 g/mol. The van der Waals surface area contributed by atoms with E-state index in [0.29, 0.717) is 30.3 Å². The fraction of sp³-hybridized carbons (Fsp3) is 0.478. The molecule has 1 saturated heterocycles. The van der Waals surface area contributed by atoms with E-state index < -0.39 is 5.63 Å². The smallest absolute Gasteiger partial charge is 0.349 e. The molecule has 2 heterocycles. The molecule has 1 fully saturated rings. The van der Waals surface area contributed by atoms with Crippen molar-refractivity contribution in [2.24, 2.45) is 0 Å². The zero-order valence-electron chi connectivity index (χ0n) is 17.0. The number of rotatable bonds is 8. The van der Waals surface area contributed by atoms with Crippen LogP contribution in [0.4, 0.5) is 0 Å². The van der Waals surface area contributed by atoms with Gasteiger partial charge in [0.1, 0.15) is 11.3 Å². The molecule has 0 saturated carbocycles. The summed E-state index contributed by atoms with van der Waals surface area (Å²) < 4.78 is 5.42. The van der Waals surface area contributed by atoms with Crippen molar-refractivity contribution in [3.63, 3.8) is 0 Å². The molecule has 0 spiro atoms. The number of amides is 1. The van der Waals surface area contributed by atoms with E-state index in [2.05, 4.69) is 22.8 Å². The van der Waals surface area contributed by atoms with Crippen LogP contribution in [0.1, 0.15) is 59.3 Å². The molecule has 1 amide bonds. The van der Waals surface area contributed by atoms with Crippen LogP contribution < -0.4 is 16.3 Å². The van der Waals surface area contributed by atoms with E-state index in [1.54, 1.807) is 6.92 Å². The Kier molecular flexibility index (Phi) is 9.42. The lowest BCUT2D eigenvalue weighted by Gasteiger charge is -2.23. The van der Waals surface area contributed by atoms with Gasteiger partial charge >= 0.3 is 5.63 Å². The van der Waals surface area contributed by atoms with Gasteiger partial charge in [0, 0.05) is 19.0 Å². The summed E-state index contributed by atoms with van der Waals surface area (Å²) >= 11 is 0. The van der Waals surface area contributed by atoms with Gasteiger partial charge in [-0.15, -0.1) is 12.4 Å². The molecule has 0 aliphatic carbocycles. The standard InChI is InChI=1S/C23H30N2O3.ClH/c1-17-16-20(12-7-10-18-8-3-2-4-9-18)28-23(27)21(17)22(26)25-15-13-19-11-5-6-14-24-19;/h2-4,8-9,16,19,24H,5-7,10-15H2,1H3,(H,25,26);1H. The third-order valence-electron chi connectivity index (χ3n) is 5.35. The van der Waals surface area contributed by atoms with Crippen LogP contribution in [0.15, 0.2) is 45.6 Å². The minimum absolute atomic E-state index is 0. The van der Waals surface area contributed by atoms with Crippen molar-refractivity contribution in [2.75, 3.05) is 13.1 Å². The number of nitrogens with one attached hydrogen (secondary N) is 2. The first-order valence-corrected chi connectivity index (χ1v) is 10.3. The largest absolute Gasteiger partial charge is 0.427 e. The molecule has 1 aromatic heterocycles. The summed E-state index contributed by atoms with van der Waals surface area (Å²) in [6.45, 7) is 3.41. The molecule has 158 valence electrons. The Balaban J connectivity index is 0.00000300. The fourth-order valence-electron chi connectivity index (χ4n) is 3.80. The Bertz CT molecular complexity index is 830. The number of hydrogen-bond donors (Lipinski definition) is 2. The van der Waals surface area contributed by atoms with Gasteiger partial charge in [-0.3, -0.25) is 4.79 Å². The first-order chi connectivity index (χ1) is 13.6. The fourth-order valence-corrected chi connectivity index (χ4v) is 3.80. The van der Waals surface area contributed by atoms with E-state index in [1.165, 1.54) is 18.4 Å². The SMILES string of the molecule is Cc1cc(CCCc2ccccc2)oc(=O)c1C(=O)NCCC1CCCCN1.Cl. The lowest BCUT2D eigenvalue weighted by molar-refractivity contribution is 0.0946. The highest BCUT2D eigenvalue weighted by molar-refractivity contribution is 5.95. The summed E-state index contributed by atoms with van der Waals surface area (Å²) in [5, 5.41) is 6.34. The molecular formula is C23H31ClN2O3. The quantitative estimate of drug-likeness (QED) is 0.683. The van der Waals surface area contributed by atoms with Gasteiger partial charge in [0.15, 0.2) is 0 Å². The van der Waals surface area contributed by atoms with E-state index in [0.717, 1.165) is 32.2 Å². The molecule has 2 N–H and O–H groups in total. The Morgan fingerprint density at radius 1 is 1.21 bits per heavy atom. The van der Waals surface area contributed by atoms with Gasteiger partial charge in [-0.1, -0.05) is 36.8 Å². The second-order valence-corrected chi connectivity index (χ2v) is 7.59. The third-order valence-corrected chi connectivity index (χ3v) is 5.35. The second-order valence-electron chi connectivity index (χ2n) is 7.59. The first kappa shape index (κ1) is 23.2. The zero-order valence-corrected chi connectivity index (χ0v) is 17.9. The lowest BCUT2D eigenvalue weighted by Crippen LogP contribution is -2.38. The number of carbonyl (C=O) groups is 1. The average Bonchev–Trinajstić information content (AvgIpc) is 2.69. The minimum Gasteiger partial charge on any atom is -0.427 e. The van der Waals surface area contributed by atoms with E-state index >= 15 is 0 Å². The van der Waals surface area contributed by atoms with Crippen molar-refractivity contribution in [3.8, 4) is 0 Å². The predicted octanol–water partition coefficient (Wildman–Crippen LogP) is 3.81. The van der Waals surface area contributed by atoms with Crippen molar-refractivity contribution in [1.82, 2.24) is 10.6 Å². The van der Waals surface area contributed by atoms with E-state index in [1.807, 2.05) is 24.3 Å². The number of carbonyl (C=O) groups excluding carboxylic acids is 1. The van der Waals surface area contributed by atoms with E-state index in [9.17, 15) is 9.59 Å². The maximum Gasteiger partial charge on any atom is 0.349 e. The van der Waals surface area contributed by atoms with Crippen molar-refractivity contribution in [2.45, 2.75) is 57.9 Å². The van der Waals surface area contributed by atoms with Crippen LogP contribution in [0.25, 0.3) is 0 Å². The highest BCUT2D eigenvalue weighted by Gasteiger charge is 2.18. The van der Waals surface area contributed by atoms with Gasteiger partial charge in [-0.05, 0) is 62.8 Å². The summed E-state index contributed by atoms with van der Waals surface area (Å²) in [6.07, 6.45) is 7.00. The summed E-state index contributed by atoms with van der Waals surface area (Å²) in [5.41, 5.74) is 1.54. The maximum absolute atomic E-state index is 12.4. The highest BCUT2D eigenvalue weighted by atomic mass is 35.5. The molecule has 0 radical (unpaired) electrons. The van der Waals surface area contributed by atoms with Gasteiger partial charge in [-0.25, -0.2) is 4.79 Å². The van der Waals surface area contributed by atoms with Crippen LogP contribution in [0.3, 0.4) is 0 Å². The van der Waals surface area contributed by atoms with Crippen LogP contribution in [0.2, 0.25) is 0 Å². The lowest BCUT2D eigenvalue weighted by atomic mass is 10.0. The zero-order chi connectivity index (χ0) is 19.8. The van der Waals surface area contributed by atoms with Crippen LogP contribution in [0, 0.1) is 6.92 Å². The first-order valence-electron chi connectivity index (χ1n) is 10.3. The van der Waals surface area contributed by atoms with Crippen molar-refractivity contribution in [1.29, 1.82) is 0 Å². The number of hydrogen-bond acceptors (Lipinski definition) is 4. The molecule has 1 aliphatic heterocycles. The van der Waals surface area contributed by atoms with Crippen molar-refractivity contribution in [3.05, 3.63) is 69.3 Å². The number of piperidine rings is 1. The molecule has 2 aromatic rings. The molecule has 5 nitrogen and oxygen atoms in total. The van der Waals surface area contributed by atoms with Gasteiger partial charge in [0.25, 0.3) is 5.91 Å². The van der Waals surface area contributed by atoms with Crippen molar-refractivity contribution < 1.29 is 9.21 Å². The monoisotopic (exact) mass is 418 g/mol. The topological polar surface area (TPSA) is 71.3 Å². The number of benzene rings is 1. The van der Waals surface area contributed by atoms with Crippen molar-refractivity contribution >= 4 is 18.3 Å².